The molecule has 1 heterocycles. The first kappa shape index (κ1) is 19.0. The van der Waals surface area contributed by atoms with E-state index in [1.807, 2.05) is 6.92 Å². The van der Waals surface area contributed by atoms with Gasteiger partial charge in [-0.05, 0) is 62.9 Å². The van der Waals surface area contributed by atoms with Crippen molar-refractivity contribution in [2.45, 2.75) is 26.2 Å². The predicted octanol–water partition coefficient (Wildman–Crippen LogP) is 2.84. The summed E-state index contributed by atoms with van der Waals surface area (Å²) in [7, 11) is 0. The zero-order chi connectivity index (χ0) is 16.4. The van der Waals surface area contributed by atoms with Crippen LogP contribution in [0.5, 0.6) is 0 Å². The number of nitrogens with one attached hydrogen (secondary N) is 3. The number of rotatable bonds is 4. The van der Waals surface area contributed by atoms with E-state index in [1.165, 1.54) is 0 Å². The van der Waals surface area contributed by atoms with Crippen LogP contribution in [0.1, 0.15) is 36.5 Å². The number of carbonyl (C=O) groups is 2. The first-order valence-electron chi connectivity index (χ1n) is 8.15. The van der Waals surface area contributed by atoms with Crippen LogP contribution in [0, 0.1) is 11.3 Å². The number of anilines is 1. The van der Waals surface area contributed by atoms with Crippen molar-refractivity contribution < 1.29 is 9.59 Å². The van der Waals surface area contributed by atoms with E-state index in [-0.39, 0.29) is 35.6 Å². The minimum atomic E-state index is -0.224. The Balaban J connectivity index is 0.00000208. The van der Waals surface area contributed by atoms with E-state index in [9.17, 15) is 9.59 Å². The maximum atomic E-state index is 12.6. The van der Waals surface area contributed by atoms with Crippen LogP contribution in [0.2, 0.25) is 5.02 Å². The summed E-state index contributed by atoms with van der Waals surface area (Å²) in [4.78, 5) is 24.7. The molecule has 1 aliphatic carbocycles. The van der Waals surface area contributed by atoms with Crippen LogP contribution in [0.3, 0.4) is 0 Å². The first-order valence-corrected chi connectivity index (χ1v) is 8.53. The van der Waals surface area contributed by atoms with Gasteiger partial charge in [0, 0.05) is 17.5 Å². The summed E-state index contributed by atoms with van der Waals surface area (Å²) in [5.41, 5.74) is 1.11. The van der Waals surface area contributed by atoms with Crippen LogP contribution in [-0.2, 0) is 4.79 Å². The highest BCUT2D eigenvalue weighted by molar-refractivity contribution is 6.31. The second-order valence-electron chi connectivity index (χ2n) is 6.41. The molecule has 1 aromatic rings. The summed E-state index contributed by atoms with van der Waals surface area (Å²) >= 11 is 5.99. The van der Waals surface area contributed by atoms with Crippen molar-refractivity contribution in [3.8, 4) is 0 Å². The molecule has 1 spiro atoms. The summed E-state index contributed by atoms with van der Waals surface area (Å²) in [6, 6.07) is 4.98. The van der Waals surface area contributed by atoms with E-state index < -0.39 is 0 Å². The zero-order valence-electron chi connectivity index (χ0n) is 13.7. The SMILES string of the molecule is CCNC(=O)c1cc(Cl)ccc1NC(=O)C1CC12CCNCC2.Cl. The highest BCUT2D eigenvalue weighted by Gasteiger charge is 2.57. The van der Waals surface area contributed by atoms with Gasteiger partial charge in [0.1, 0.15) is 0 Å². The molecule has 1 aromatic carbocycles. The molecule has 24 heavy (non-hydrogen) atoms. The maximum absolute atomic E-state index is 12.6. The molecule has 3 rings (SSSR count). The molecule has 0 bridgehead atoms. The van der Waals surface area contributed by atoms with E-state index >= 15 is 0 Å². The van der Waals surface area contributed by atoms with Crippen molar-refractivity contribution in [2.75, 3.05) is 25.0 Å². The lowest BCUT2D eigenvalue weighted by Crippen LogP contribution is -2.32. The van der Waals surface area contributed by atoms with Gasteiger partial charge in [-0.1, -0.05) is 11.6 Å². The van der Waals surface area contributed by atoms with Crippen LogP contribution in [0.15, 0.2) is 18.2 Å². The Kier molecular flexibility index (Phi) is 6.12. The molecule has 7 heteroatoms. The summed E-state index contributed by atoms with van der Waals surface area (Å²) < 4.78 is 0. The Labute approximate surface area is 153 Å². The molecule has 1 aliphatic heterocycles. The molecule has 0 aromatic heterocycles. The molecule has 5 nitrogen and oxygen atoms in total. The summed E-state index contributed by atoms with van der Waals surface area (Å²) in [5, 5.41) is 9.49. The van der Waals surface area contributed by atoms with E-state index in [4.69, 9.17) is 11.6 Å². The molecule has 2 amide bonds. The number of carbonyl (C=O) groups excluding carboxylic acids is 2. The third kappa shape index (κ3) is 3.85. The minimum absolute atomic E-state index is 0. The van der Waals surface area contributed by atoms with Crippen LogP contribution >= 0.6 is 24.0 Å². The standard InChI is InChI=1S/C17H22ClN3O2.ClH/c1-2-20-15(22)12-9-11(18)3-4-14(12)21-16(23)13-10-17(13)5-7-19-8-6-17;/h3-4,9,13,19H,2,5-8,10H2,1H3,(H,20,22)(H,21,23);1H. The summed E-state index contributed by atoms with van der Waals surface area (Å²) in [5.74, 6) is -0.153. The molecule has 132 valence electrons. The van der Waals surface area contributed by atoms with Gasteiger partial charge in [0.2, 0.25) is 5.91 Å². The highest BCUT2D eigenvalue weighted by Crippen LogP contribution is 2.58. The van der Waals surface area contributed by atoms with Gasteiger partial charge in [-0.2, -0.15) is 0 Å². The number of halogens is 2. The maximum Gasteiger partial charge on any atom is 0.253 e. The van der Waals surface area contributed by atoms with Gasteiger partial charge in [0.25, 0.3) is 5.91 Å². The van der Waals surface area contributed by atoms with Gasteiger partial charge in [0.15, 0.2) is 0 Å². The summed E-state index contributed by atoms with van der Waals surface area (Å²) in [6.45, 7) is 4.34. The fourth-order valence-electron chi connectivity index (χ4n) is 3.48. The third-order valence-corrected chi connectivity index (χ3v) is 5.16. The van der Waals surface area contributed by atoms with Gasteiger partial charge in [0.05, 0.1) is 11.3 Å². The van der Waals surface area contributed by atoms with Gasteiger partial charge >= 0.3 is 0 Å². The Morgan fingerprint density at radius 3 is 2.71 bits per heavy atom. The van der Waals surface area contributed by atoms with Crippen molar-refractivity contribution in [3.63, 3.8) is 0 Å². The zero-order valence-corrected chi connectivity index (χ0v) is 15.2. The number of piperidine rings is 1. The van der Waals surface area contributed by atoms with E-state index in [0.717, 1.165) is 32.4 Å². The smallest absolute Gasteiger partial charge is 0.253 e. The van der Waals surface area contributed by atoms with E-state index in [0.29, 0.717) is 22.8 Å². The fraction of sp³-hybridized carbons (Fsp3) is 0.529. The van der Waals surface area contributed by atoms with Crippen molar-refractivity contribution >= 4 is 41.5 Å². The quantitative estimate of drug-likeness (QED) is 0.761. The van der Waals surface area contributed by atoms with Crippen molar-refractivity contribution in [3.05, 3.63) is 28.8 Å². The van der Waals surface area contributed by atoms with Crippen LogP contribution < -0.4 is 16.0 Å². The van der Waals surface area contributed by atoms with Crippen LogP contribution in [0.25, 0.3) is 0 Å². The van der Waals surface area contributed by atoms with Gasteiger partial charge < -0.3 is 16.0 Å². The lowest BCUT2D eigenvalue weighted by atomic mass is 9.91. The average molecular weight is 372 g/mol. The van der Waals surface area contributed by atoms with E-state index in [2.05, 4.69) is 16.0 Å². The third-order valence-electron chi connectivity index (χ3n) is 4.93. The molecule has 1 saturated heterocycles. The van der Waals surface area contributed by atoms with Gasteiger partial charge in [-0.25, -0.2) is 0 Å². The molecular formula is C17H23Cl2N3O2. The monoisotopic (exact) mass is 371 g/mol. The Hall–Kier alpha value is -1.30. The molecule has 1 atom stereocenters. The largest absolute Gasteiger partial charge is 0.352 e. The molecule has 3 N–H and O–H groups in total. The number of benzene rings is 1. The normalized spacial score (nSPS) is 20.8. The van der Waals surface area contributed by atoms with E-state index in [1.54, 1.807) is 18.2 Å². The lowest BCUT2D eigenvalue weighted by molar-refractivity contribution is -0.118. The Bertz CT molecular complexity index is 630. The molecule has 1 unspecified atom stereocenters. The molecular weight excluding hydrogens is 349 g/mol. The number of hydrogen-bond acceptors (Lipinski definition) is 3. The fourth-order valence-corrected chi connectivity index (χ4v) is 3.66. The van der Waals surface area contributed by atoms with Gasteiger partial charge in [-0.15, -0.1) is 12.4 Å². The van der Waals surface area contributed by atoms with Crippen molar-refractivity contribution in [1.29, 1.82) is 0 Å². The molecule has 2 fully saturated rings. The highest BCUT2D eigenvalue weighted by atomic mass is 35.5. The molecule has 1 saturated carbocycles. The van der Waals surface area contributed by atoms with Crippen LogP contribution in [-0.4, -0.2) is 31.4 Å². The first-order chi connectivity index (χ1) is 11.1. The second-order valence-corrected chi connectivity index (χ2v) is 6.84. The topological polar surface area (TPSA) is 70.2 Å². The number of hydrogen-bond donors (Lipinski definition) is 3. The molecule has 2 aliphatic rings. The number of amides is 2. The summed E-state index contributed by atoms with van der Waals surface area (Å²) in [6.07, 6.45) is 3.05. The second kappa shape index (κ2) is 7.72. The van der Waals surface area contributed by atoms with Crippen molar-refractivity contribution in [1.82, 2.24) is 10.6 Å². The van der Waals surface area contributed by atoms with Crippen molar-refractivity contribution in [2.24, 2.45) is 11.3 Å². The minimum Gasteiger partial charge on any atom is -0.352 e. The lowest BCUT2D eigenvalue weighted by Gasteiger charge is -2.23. The average Bonchev–Trinajstić information content (AvgIpc) is 3.23. The van der Waals surface area contributed by atoms with Gasteiger partial charge in [-0.3, -0.25) is 9.59 Å². The predicted molar refractivity (Wildman–Crippen MR) is 98.0 cm³/mol. The molecule has 0 radical (unpaired) electrons. The van der Waals surface area contributed by atoms with Crippen LogP contribution in [0.4, 0.5) is 5.69 Å². The Morgan fingerprint density at radius 2 is 2.04 bits per heavy atom. The Morgan fingerprint density at radius 1 is 1.33 bits per heavy atom.